The van der Waals surface area contributed by atoms with Crippen LogP contribution in [0, 0.1) is 6.92 Å². The Morgan fingerprint density at radius 1 is 1.47 bits per heavy atom. The smallest absolute Gasteiger partial charge is 0.306 e. The fourth-order valence-electron chi connectivity index (χ4n) is 1.52. The van der Waals surface area contributed by atoms with E-state index < -0.39 is 0 Å². The summed E-state index contributed by atoms with van der Waals surface area (Å²) in [5.74, 6) is -0.245. The van der Waals surface area contributed by atoms with Crippen molar-refractivity contribution in [2.75, 3.05) is 13.2 Å². The molecule has 1 aromatic rings. The van der Waals surface area contributed by atoms with Gasteiger partial charge < -0.3 is 9.84 Å². The largest absolute Gasteiger partial charge is 0.460 e. The average molecular weight is 260 g/mol. The molecule has 0 unspecified atom stereocenters. The van der Waals surface area contributed by atoms with Crippen molar-refractivity contribution in [2.24, 2.45) is 0 Å². The maximum Gasteiger partial charge on any atom is 0.306 e. The Balaban J connectivity index is 2.68. The summed E-state index contributed by atoms with van der Waals surface area (Å²) in [6.07, 6.45) is 2.95. The van der Waals surface area contributed by atoms with Gasteiger partial charge in [0.1, 0.15) is 6.61 Å². The van der Waals surface area contributed by atoms with Crippen molar-refractivity contribution in [3.8, 4) is 0 Å². The molecule has 0 radical (unpaired) electrons. The molecule has 3 heteroatoms. The van der Waals surface area contributed by atoms with Crippen LogP contribution in [0.4, 0.5) is 0 Å². The molecule has 0 aliphatic carbocycles. The SMILES string of the molecule is CCCC(=O)OCC(=C=Cc1cccc(C)c1)CO. The zero-order chi connectivity index (χ0) is 14.1. The molecule has 0 atom stereocenters. The van der Waals surface area contributed by atoms with E-state index in [0.717, 1.165) is 17.5 Å². The summed E-state index contributed by atoms with van der Waals surface area (Å²) in [4.78, 5) is 11.2. The molecule has 0 amide bonds. The molecule has 1 rings (SSSR count). The number of hydrogen-bond acceptors (Lipinski definition) is 3. The van der Waals surface area contributed by atoms with Crippen LogP contribution in [-0.2, 0) is 9.53 Å². The van der Waals surface area contributed by atoms with E-state index in [1.54, 1.807) is 6.08 Å². The second-order valence-electron chi connectivity index (χ2n) is 4.38. The quantitative estimate of drug-likeness (QED) is 0.632. The number of benzene rings is 1. The molecule has 1 aromatic carbocycles. The van der Waals surface area contributed by atoms with E-state index in [4.69, 9.17) is 4.74 Å². The van der Waals surface area contributed by atoms with E-state index in [0.29, 0.717) is 12.0 Å². The molecule has 0 heterocycles. The summed E-state index contributed by atoms with van der Waals surface area (Å²) in [5, 5.41) is 9.19. The van der Waals surface area contributed by atoms with E-state index in [1.807, 2.05) is 38.1 Å². The van der Waals surface area contributed by atoms with Gasteiger partial charge in [0.05, 0.1) is 6.61 Å². The molecular formula is C16H20O3. The molecule has 0 aliphatic heterocycles. The molecule has 1 N–H and O–H groups in total. The van der Waals surface area contributed by atoms with Gasteiger partial charge in [-0.1, -0.05) is 36.8 Å². The van der Waals surface area contributed by atoms with Crippen molar-refractivity contribution in [3.05, 3.63) is 46.7 Å². The van der Waals surface area contributed by atoms with E-state index in [2.05, 4.69) is 5.73 Å². The second-order valence-corrected chi connectivity index (χ2v) is 4.38. The number of hydrogen-bond donors (Lipinski definition) is 1. The first kappa shape index (κ1) is 15.2. The number of ether oxygens (including phenoxy) is 1. The summed E-state index contributed by atoms with van der Waals surface area (Å²) < 4.78 is 5.03. The molecule has 0 fully saturated rings. The number of aryl methyl sites for hydroxylation is 1. The molecule has 0 spiro atoms. The Labute approximate surface area is 114 Å². The van der Waals surface area contributed by atoms with Gasteiger partial charge in [-0.25, -0.2) is 0 Å². The van der Waals surface area contributed by atoms with Gasteiger partial charge in [-0.3, -0.25) is 4.79 Å². The van der Waals surface area contributed by atoms with Crippen molar-refractivity contribution in [2.45, 2.75) is 26.7 Å². The van der Waals surface area contributed by atoms with Gasteiger partial charge in [-0.2, -0.15) is 0 Å². The van der Waals surface area contributed by atoms with Crippen LogP contribution >= 0.6 is 0 Å². The molecule has 0 saturated heterocycles. The monoisotopic (exact) mass is 260 g/mol. The summed E-state index contributed by atoms with van der Waals surface area (Å²) >= 11 is 0. The van der Waals surface area contributed by atoms with Gasteiger partial charge in [0.15, 0.2) is 0 Å². The maximum atomic E-state index is 11.2. The van der Waals surface area contributed by atoms with Gasteiger partial charge in [0.25, 0.3) is 0 Å². The third kappa shape index (κ3) is 6.05. The fourth-order valence-corrected chi connectivity index (χ4v) is 1.52. The number of rotatable bonds is 6. The van der Waals surface area contributed by atoms with Gasteiger partial charge >= 0.3 is 5.97 Å². The number of aliphatic hydroxyl groups is 1. The van der Waals surface area contributed by atoms with E-state index >= 15 is 0 Å². The highest BCUT2D eigenvalue weighted by Gasteiger charge is 2.02. The van der Waals surface area contributed by atoms with Crippen LogP contribution in [0.3, 0.4) is 0 Å². The van der Waals surface area contributed by atoms with Crippen molar-refractivity contribution >= 4 is 12.0 Å². The van der Waals surface area contributed by atoms with Gasteiger partial charge in [0.2, 0.25) is 0 Å². The molecule has 19 heavy (non-hydrogen) atoms. The molecule has 102 valence electrons. The Hall–Kier alpha value is -1.83. The minimum atomic E-state index is -0.245. The molecule has 0 aromatic heterocycles. The second kappa shape index (κ2) is 8.30. The van der Waals surface area contributed by atoms with Crippen LogP contribution in [0.5, 0.6) is 0 Å². The lowest BCUT2D eigenvalue weighted by atomic mass is 10.1. The zero-order valence-electron chi connectivity index (χ0n) is 11.5. The standard InChI is InChI=1S/C16H20O3/c1-3-5-16(18)19-12-15(11-17)9-8-14-7-4-6-13(2)10-14/h4,6-8,10,17H,3,5,11-12H2,1-2H3. The molecule has 0 saturated carbocycles. The fraction of sp³-hybridized carbons (Fsp3) is 0.375. The highest BCUT2D eigenvalue weighted by molar-refractivity contribution is 5.69. The Morgan fingerprint density at radius 2 is 2.26 bits per heavy atom. The minimum absolute atomic E-state index is 0.0949. The van der Waals surface area contributed by atoms with E-state index in [9.17, 15) is 9.90 Å². The van der Waals surface area contributed by atoms with Crippen LogP contribution in [-0.4, -0.2) is 24.3 Å². The van der Waals surface area contributed by atoms with Gasteiger partial charge in [-0.15, -0.1) is 5.73 Å². The van der Waals surface area contributed by atoms with Crippen LogP contribution in [0.25, 0.3) is 6.08 Å². The van der Waals surface area contributed by atoms with Crippen LogP contribution in [0.1, 0.15) is 30.9 Å². The lowest BCUT2D eigenvalue weighted by Gasteiger charge is -2.03. The first-order valence-electron chi connectivity index (χ1n) is 6.43. The number of esters is 1. The van der Waals surface area contributed by atoms with E-state index in [1.165, 1.54) is 0 Å². The average Bonchev–Trinajstić information content (AvgIpc) is 2.39. The number of aliphatic hydroxyl groups excluding tert-OH is 1. The lowest BCUT2D eigenvalue weighted by molar-refractivity contribution is -0.142. The highest BCUT2D eigenvalue weighted by Crippen LogP contribution is 2.06. The van der Waals surface area contributed by atoms with Gasteiger partial charge in [-0.05, 0) is 25.0 Å². The lowest BCUT2D eigenvalue weighted by Crippen LogP contribution is -2.08. The topological polar surface area (TPSA) is 46.5 Å². The summed E-state index contributed by atoms with van der Waals surface area (Å²) in [5.41, 5.74) is 5.70. The maximum absolute atomic E-state index is 11.2. The zero-order valence-corrected chi connectivity index (χ0v) is 11.5. The predicted octanol–water partition coefficient (Wildman–Crippen LogP) is 2.87. The molecule has 0 bridgehead atoms. The normalized spacial score (nSPS) is 9.63. The summed E-state index contributed by atoms with van der Waals surface area (Å²) in [7, 11) is 0. The van der Waals surface area contributed by atoms with Crippen molar-refractivity contribution in [1.82, 2.24) is 0 Å². The minimum Gasteiger partial charge on any atom is -0.460 e. The first-order chi connectivity index (χ1) is 9.15. The van der Waals surface area contributed by atoms with Crippen LogP contribution < -0.4 is 0 Å². The molecular weight excluding hydrogens is 240 g/mol. The van der Waals surface area contributed by atoms with Crippen LogP contribution in [0.2, 0.25) is 0 Å². The third-order valence-corrected chi connectivity index (χ3v) is 2.54. The van der Waals surface area contributed by atoms with Crippen molar-refractivity contribution in [3.63, 3.8) is 0 Å². The van der Waals surface area contributed by atoms with E-state index in [-0.39, 0.29) is 19.2 Å². The Bertz CT molecular complexity index is 483. The molecule has 0 aliphatic rings. The Kier molecular flexibility index (Phi) is 6.65. The Morgan fingerprint density at radius 3 is 2.89 bits per heavy atom. The molecule has 3 nitrogen and oxygen atoms in total. The van der Waals surface area contributed by atoms with Crippen LogP contribution in [0.15, 0.2) is 35.6 Å². The first-order valence-corrected chi connectivity index (χ1v) is 6.43. The number of carbonyl (C=O) groups is 1. The third-order valence-electron chi connectivity index (χ3n) is 2.54. The van der Waals surface area contributed by atoms with Crippen molar-refractivity contribution in [1.29, 1.82) is 0 Å². The van der Waals surface area contributed by atoms with Crippen molar-refractivity contribution < 1.29 is 14.6 Å². The van der Waals surface area contributed by atoms with Gasteiger partial charge in [0, 0.05) is 12.0 Å². The highest BCUT2D eigenvalue weighted by atomic mass is 16.5. The summed E-state index contributed by atoms with van der Waals surface area (Å²) in [6.45, 7) is 3.86. The summed E-state index contributed by atoms with van der Waals surface area (Å²) in [6, 6.07) is 7.95. The number of carbonyl (C=O) groups excluding carboxylic acids is 1. The predicted molar refractivity (Wildman–Crippen MR) is 75.6 cm³/mol.